The largest absolute Gasteiger partial charge is 0.462 e. The van der Waals surface area contributed by atoms with Crippen LogP contribution in [0, 0.1) is 23.2 Å². The molecule has 182 valence electrons. The van der Waals surface area contributed by atoms with Crippen LogP contribution in [0.25, 0.3) is 0 Å². The predicted molar refractivity (Wildman–Crippen MR) is 132 cm³/mol. The van der Waals surface area contributed by atoms with Gasteiger partial charge in [0.2, 0.25) is 5.91 Å². The third kappa shape index (κ3) is 4.88. The SMILES string of the molecule is CCOC(=O)c1ccc(NC(=O)CSc2nnc(CC34CC5CC(CC(C5)C3)C4)n2CC)cc1. The monoisotopic (exact) mass is 482 g/mol. The zero-order chi connectivity index (χ0) is 23.7. The molecule has 0 spiro atoms. The van der Waals surface area contributed by atoms with Gasteiger partial charge in [-0.15, -0.1) is 10.2 Å². The number of hydrogen-bond donors (Lipinski definition) is 1. The molecule has 2 aromatic rings. The van der Waals surface area contributed by atoms with E-state index in [1.165, 1.54) is 50.3 Å². The van der Waals surface area contributed by atoms with Gasteiger partial charge in [0, 0.05) is 18.7 Å². The van der Waals surface area contributed by atoms with Crippen molar-refractivity contribution >= 4 is 29.3 Å². The third-order valence-corrected chi connectivity index (χ3v) is 8.79. The van der Waals surface area contributed by atoms with Gasteiger partial charge in [-0.25, -0.2) is 4.79 Å². The van der Waals surface area contributed by atoms with Crippen LogP contribution in [0.2, 0.25) is 0 Å². The number of carbonyl (C=O) groups excluding carboxylic acids is 2. The second-order valence-corrected chi connectivity index (χ2v) is 11.3. The van der Waals surface area contributed by atoms with Gasteiger partial charge >= 0.3 is 5.97 Å². The molecule has 6 rings (SSSR count). The van der Waals surface area contributed by atoms with E-state index in [1.54, 1.807) is 31.2 Å². The van der Waals surface area contributed by atoms with Crippen molar-refractivity contribution in [1.82, 2.24) is 14.8 Å². The molecule has 4 saturated carbocycles. The van der Waals surface area contributed by atoms with Crippen LogP contribution >= 0.6 is 11.8 Å². The maximum atomic E-state index is 12.5. The van der Waals surface area contributed by atoms with Gasteiger partial charge in [-0.1, -0.05) is 11.8 Å². The van der Waals surface area contributed by atoms with Crippen LogP contribution in [0.3, 0.4) is 0 Å². The van der Waals surface area contributed by atoms with E-state index in [1.807, 2.05) is 0 Å². The zero-order valence-electron chi connectivity index (χ0n) is 20.1. The lowest BCUT2D eigenvalue weighted by Crippen LogP contribution is -2.47. The molecule has 34 heavy (non-hydrogen) atoms. The number of anilines is 1. The van der Waals surface area contributed by atoms with E-state index in [-0.39, 0.29) is 17.6 Å². The van der Waals surface area contributed by atoms with Gasteiger partial charge in [-0.05, 0) is 99.8 Å². The molecule has 0 saturated heterocycles. The van der Waals surface area contributed by atoms with Gasteiger partial charge in [0.15, 0.2) is 5.16 Å². The summed E-state index contributed by atoms with van der Waals surface area (Å²) in [6, 6.07) is 6.75. The minimum Gasteiger partial charge on any atom is -0.462 e. The summed E-state index contributed by atoms with van der Waals surface area (Å²) in [5.74, 6) is 3.65. The number of benzene rings is 1. The van der Waals surface area contributed by atoms with Crippen molar-refractivity contribution in [2.45, 2.75) is 70.5 Å². The van der Waals surface area contributed by atoms with Crippen molar-refractivity contribution in [1.29, 1.82) is 0 Å². The van der Waals surface area contributed by atoms with Gasteiger partial charge in [0.05, 0.1) is 17.9 Å². The second kappa shape index (κ2) is 9.72. The van der Waals surface area contributed by atoms with Gasteiger partial charge in [0.25, 0.3) is 0 Å². The first-order valence-corrected chi connectivity index (χ1v) is 13.6. The normalized spacial score (nSPS) is 27.1. The van der Waals surface area contributed by atoms with E-state index >= 15 is 0 Å². The highest BCUT2D eigenvalue weighted by Gasteiger charge is 2.51. The highest BCUT2D eigenvalue weighted by Crippen LogP contribution is 2.61. The molecular formula is C26H34N4O3S. The fraction of sp³-hybridized carbons (Fsp3) is 0.615. The lowest BCUT2D eigenvalue weighted by atomic mass is 9.49. The summed E-state index contributed by atoms with van der Waals surface area (Å²) in [6.07, 6.45) is 9.43. The molecule has 4 fully saturated rings. The predicted octanol–water partition coefficient (Wildman–Crippen LogP) is 4.96. The molecule has 1 heterocycles. The Morgan fingerprint density at radius 2 is 1.71 bits per heavy atom. The third-order valence-electron chi connectivity index (χ3n) is 7.82. The van der Waals surface area contributed by atoms with E-state index in [0.29, 0.717) is 23.3 Å². The topological polar surface area (TPSA) is 86.1 Å². The van der Waals surface area contributed by atoms with Gasteiger partial charge in [-0.3, -0.25) is 4.79 Å². The molecule has 4 aliphatic rings. The van der Waals surface area contributed by atoms with Crippen molar-refractivity contribution in [3.8, 4) is 0 Å². The van der Waals surface area contributed by atoms with Gasteiger partial charge < -0.3 is 14.6 Å². The minimum atomic E-state index is -0.362. The van der Waals surface area contributed by atoms with E-state index in [9.17, 15) is 9.59 Å². The molecule has 4 aliphatic carbocycles. The molecule has 0 unspecified atom stereocenters. The minimum absolute atomic E-state index is 0.109. The van der Waals surface area contributed by atoms with Crippen LogP contribution in [0.1, 0.15) is 68.6 Å². The van der Waals surface area contributed by atoms with Crippen LogP contribution in [-0.4, -0.2) is 39.0 Å². The van der Waals surface area contributed by atoms with Gasteiger partial charge in [-0.2, -0.15) is 0 Å². The highest BCUT2D eigenvalue weighted by atomic mass is 32.2. The molecule has 4 bridgehead atoms. The first kappa shape index (κ1) is 23.4. The van der Waals surface area contributed by atoms with Gasteiger partial charge in [0.1, 0.15) is 5.82 Å². The lowest BCUT2D eigenvalue weighted by Gasteiger charge is -2.56. The van der Waals surface area contributed by atoms with Crippen molar-refractivity contribution < 1.29 is 14.3 Å². The Morgan fingerprint density at radius 3 is 2.29 bits per heavy atom. The number of nitrogens with zero attached hydrogens (tertiary/aromatic N) is 3. The number of amides is 1. The van der Waals surface area contributed by atoms with Crippen LogP contribution in [0.5, 0.6) is 0 Å². The Balaban J connectivity index is 1.18. The Hall–Kier alpha value is -2.35. The van der Waals surface area contributed by atoms with Crippen LogP contribution in [0.15, 0.2) is 29.4 Å². The second-order valence-electron chi connectivity index (χ2n) is 10.4. The van der Waals surface area contributed by atoms with E-state index in [0.717, 1.165) is 41.7 Å². The molecule has 0 radical (unpaired) electrons. The summed E-state index contributed by atoms with van der Waals surface area (Å²) in [7, 11) is 0. The fourth-order valence-electron chi connectivity index (χ4n) is 6.95. The number of nitrogens with one attached hydrogen (secondary N) is 1. The average Bonchev–Trinajstić information content (AvgIpc) is 3.18. The summed E-state index contributed by atoms with van der Waals surface area (Å²) in [4.78, 5) is 24.3. The zero-order valence-corrected chi connectivity index (χ0v) is 20.9. The maximum absolute atomic E-state index is 12.5. The number of esters is 1. The number of carbonyl (C=O) groups is 2. The molecule has 8 heteroatoms. The first-order valence-electron chi connectivity index (χ1n) is 12.6. The van der Waals surface area contributed by atoms with E-state index < -0.39 is 0 Å². The highest BCUT2D eigenvalue weighted by molar-refractivity contribution is 7.99. The number of aromatic nitrogens is 3. The quantitative estimate of drug-likeness (QED) is 0.401. The summed E-state index contributed by atoms with van der Waals surface area (Å²) < 4.78 is 7.19. The van der Waals surface area contributed by atoms with Crippen LogP contribution in [-0.2, 0) is 22.5 Å². The summed E-state index contributed by atoms with van der Waals surface area (Å²) in [5, 5.41) is 12.7. The van der Waals surface area contributed by atoms with Crippen molar-refractivity contribution in [2.24, 2.45) is 23.2 Å². The average molecular weight is 483 g/mol. The standard InChI is InChI=1S/C26H34N4O3S/c1-3-30-22(15-26-12-17-9-18(13-26)11-19(10-17)14-26)28-29-25(30)34-16-23(31)27-21-7-5-20(6-8-21)24(32)33-4-2/h5-8,17-19H,3-4,9-16H2,1-2H3,(H,27,31). The number of hydrogen-bond acceptors (Lipinski definition) is 6. The Bertz CT molecular complexity index is 1010. The molecule has 1 amide bonds. The number of thioether (sulfide) groups is 1. The molecule has 0 aliphatic heterocycles. The molecule has 0 atom stereocenters. The van der Waals surface area contributed by atoms with Crippen molar-refractivity contribution in [3.05, 3.63) is 35.7 Å². The molecule has 1 aromatic heterocycles. The maximum Gasteiger partial charge on any atom is 0.338 e. The first-order chi connectivity index (χ1) is 16.5. The van der Waals surface area contributed by atoms with E-state index in [4.69, 9.17) is 4.74 Å². The van der Waals surface area contributed by atoms with Crippen molar-refractivity contribution in [2.75, 3.05) is 17.7 Å². The van der Waals surface area contributed by atoms with Crippen molar-refractivity contribution in [3.63, 3.8) is 0 Å². The Labute approximate surface area is 205 Å². The molecular weight excluding hydrogens is 448 g/mol. The smallest absolute Gasteiger partial charge is 0.338 e. The summed E-state index contributed by atoms with van der Waals surface area (Å²) >= 11 is 1.43. The Morgan fingerprint density at radius 1 is 1.06 bits per heavy atom. The summed E-state index contributed by atoms with van der Waals surface area (Å²) in [6.45, 7) is 5.05. The molecule has 1 N–H and O–H groups in total. The molecule has 1 aromatic carbocycles. The fourth-order valence-corrected chi connectivity index (χ4v) is 7.77. The molecule has 7 nitrogen and oxygen atoms in total. The Kier molecular flexibility index (Phi) is 6.69. The van der Waals surface area contributed by atoms with Crippen LogP contribution < -0.4 is 5.32 Å². The number of ether oxygens (including phenoxy) is 1. The summed E-state index contributed by atoms with van der Waals surface area (Å²) in [5.41, 5.74) is 1.54. The number of rotatable bonds is 9. The van der Waals surface area contributed by atoms with E-state index in [2.05, 4.69) is 27.0 Å². The lowest BCUT2D eigenvalue weighted by molar-refractivity contribution is -0.113. The van der Waals surface area contributed by atoms with Crippen LogP contribution in [0.4, 0.5) is 5.69 Å².